The van der Waals surface area contributed by atoms with E-state index in [1.807, 2.05) is 12.1 Å². The van der Waals surface area contributed by atoms with E-state index in [2.05, 4.69) is 27.6 Å². The largest absolute Gasteiger partial charge is 0.385 e. The van der Waals surface area contributed by atoms with Gasteiger partial charge in [-0.3, -0.25) is 4.99 Å². The molecular formula is C18H32N4O3S. The summed E-state index contributed by atoms with van der Waals surface area (Å²) in [7, 11) is 2.42. The van der Waals surface area contributed by atoms with Gasteiger partial charge in [-0.15, -0.1) is 0 Å². The second-order valence-corrected chi connectivity index (χ2v) is 8.26. The van der Waals surface area contributed by atoms with Crippen molar-refractivity contribution < 1.29 is 13.2 Å². The summed E-state index contributed by atoms with van der Waals surface area (Å²) in [5.74, 6) is 0.767. The number of benzene rings is 1. The second kappa shape index (κ2) is 11.9. The van der Waals surface area contributed by atoms with E-state index in [0.29, 0.717) is 4.90 Å². The normalized spacial score (nSPS) is 12.4. The van der Waals surface area contributed by atoms with Crippen molar-refractivity contribution in [2.24, 2.45) is 4.99 Å². The van der Waals surface area contributed by atoms with Gasteiger partial charge < -0.3 is 20.3 Å². The zero-order valence-electron chi connectivity index (χ0n) is 16.3. The lowest BCUT2D eigenvalue weighted by Crippen LogP contribution is -2.41. The number of sulfone groups is 1. The molecule has 0 bridgehead atoms. The molecule has 1 rings (SSSR count). The number of guanidine groups is 1. The zero-order chi connectivity index (χ0) is 19.4. The van der Waals surface area contributed by atoms with Gasteiger partial charge in [0.05, 0.1) is 4.90 Å². The molecule has 0 saturated carbocycles. The standard InChI is InChI=1S/C18H32N4O3S/c1-19-18(21-12-14-22(2)13-5-15-25-3)20-11-10-16-6-8-17(9-7-16)26(4,23)24/h6-9H,5,10-15H2,1-4H3,(H2,19,20,21). The van der Waals surface area contributed by atoms with Gasteiger partial charge in [-0.05, 0) is 37.6 Å². The summed E-state index contributed by atoms with van der Waals surface area (Å²) in [5.41, 5.74) is 1.08. The van der Waals surface area contributed by atoms with Gasteiger partial charge in [0.1, 0.15) is 0 Å². The van der Waals surface area contributed by atoms with Crippen LogP contribution in [0.4, 0.5) is 0 Å². The number of likely N-dealkylation sites (N-methyl/N-ethyl adjacent to an activating group) is 1. The first-order valence-corrected chi connectivity index (χ1v) is 10.7. The van der Waals surface area contributed by atoms with E-state index in [4.69, 9.17) is 4.74 Å². The average Bonchev–Trinajstić information content (AvgIpc) is 2.60. The van der Waals surface area contributed by atoms with Gasteiger partial charge in [0.2, 0.25) is 0 Å². The van der Waals surface area contributed by atoms with Crippen LogP contribution in [-0.2, 0) is 21.0 Å². The van der Waals surface area contributed by atoms with Crippen molar-refractivity contribution in [1.29, 1.82) is 0 Å². The molecule has 0 aliphatic rings. The monoisotopic (exact) mass is 384 g/mol. The molecule has 0 atom stereocenters. The summed E-state index contributed by atoms with van der Waals surface area (Å²) in [6, 6.07) is 7.00. The first kappa shape index (κ1) is 22.4. The summed E-state index contributed by atoms with van der Waals surface area (Å²) in [4.78, 5) is 6.82. The molecule has 0 aromatic heterocycles. The molecule has 0 aliphatic heterocycles. The Morgan fingerprint density at radius 1 is 1.15 bits per heavy atom. The summed E-state index contributed by atoms with van der Waals surface area (Å²) >= 11 is 0. The van der Waals surface area contributed by atoms with Crippen LogP contribution in [0.5, 0.6) is 0 Å². The molecule has 0 aliphatic carbocycles. The Kier molecular flexibility index (Phi) is 10.2. The number of ether oxygens (including phenoxy) is 1. The zero-order valence-corrected chi connectivity index (χ0v) is 17.1. The van der Waals surface area contributed by atoms with Gasteiger partial charge in [-0.2, -0.15) is 0 Å². The van der Waals surface area contributed by atoms with Crippen molar-refractivity contribution in [3.63, 3.8) is 0 Å². The van der Waals surface area contributed by atoms with Crippen LogP contribution in [0.2, 0.25) is 0 Å². The molecule has 0 amide bonds. The average molecular weight is 385 g/mol. The van der Waals surface area contributed by atoms with Gasteiger partial charge >= 0.3 is 0 Å². The van der Waals surface area contributed by atoms with E-state index in [1.165, 1.54) is 6.26 Å². The quantitative estimate of drug-likeness (QED) is 0.333. The minimum Gasteiger partial charge on any atom is -0.385 e. The van der Waals surface area contributed by atoms with Crippen LogP contribution >= 0.6 is 0 Å². The summed E-state index contributed by atoms with van der Waals surface area (Å²) in [6.07, 6.45) is 3.04. The van der Waals surface area contributed by atoms with Crippen LogP contribution in [0.3, 0.4) is 0 Å². The van der Waals surface area contributed by atoms with Crippen molar-refractivity contribution in [2.45, 2.75) is 17.7 Å². The third-order valence-electron chi connectivity index (χ3n) is 3.96. The molecule has 1 aromatic rings. The summed E-state index contributed by atoms with van der Waals surface area (Å²) < 4.78 is 28.0. The Labute approximate surface area is 157 Å². The highest BCUT2D eigenvalue weighted by molar-refractivity contribution is 7.90. The molecule has 26 heavy (non-hydrogen) atoms. The lowest BCUT2D eigenvalue weighted by atomic mass is 10.1. The molecule has 8 heteroatoms. The van der Waals surface area contributed by atoms with Crippen LogP contribution in [0.15, 0.2) is 34.2 Å². The minimum absolute atomic E-state index is 0.348. The Bertz CT molecular complexity index is 645. The van der Waals surface area contributed by atoms with E-state index >= 15 is 0 Å². The number of nitrogens with zero attached hydrogens (tertiary/aromatic N) is 2. The number of hydrogen-bond donors (Lipinski definition) is 2. The number of nitrogens with one attached hydrogen (secondary N) is 2. The predicted octanol–water partition coefficient (Wildman–Crippen LogP) is 0.766. The Morgan fingerprint density at radius 2 is 1.81 bits per heavy atom. The topological polar surface area (TPSA) is 83.0 Å². The van der Waals surface area contributed by atoms with Crippen LogP contribution in [0.1, 0.15) is 12.0 Å². The fourth-order valence-corrected chi connectivity index (χ4v) is 3.04. The number of methoxy groups -OCH3 is 1. The van der Waals surface area contributed by atoms with Crippen molar-refractivity contribution in [3.05, 3.63) is 29.8 Å². The molecular weight excluding hydrogens is 352 g/mol. The number of aliphatic imine (C=N–C) groups is 1. The van der Waals surface area contributed by atoms with Crippen molar-refractivity contribution in [2.75, 3.05) is 60.2 Å². The lowest BCUT2D eigenvalue weighted by Gasteiger charge is -2.18. The fourth-order valence-electron chi connectivity index (χ4n) is 2.40. The Balaban J connectivity index is 2.28. The molecule has 0 saturated heterocycles. The first-order chi connectivity index (χ1) is 12.4. The molecule has 0 fully saturated rings. The molecule has 7 nitrogen and oxygen atoms in total. The first-order valence-electron chi connectivity index (χ1n) is 8.78. The summed E-state index contributed by atoms with van der Waals surface area (Å²) in [6.45, 7) is 4.25. The van der Waals surface area contributed by atoms with E-state index < -0.39 is 9.84 Å². The van der Waals surface area contributed by atoms with Crippen LogP contribution in [-0.4, -0.2) is 79.5 Å². The molecule has 2 N–H and O–H groups in total. The molecule has 148 valence electrons. The lowest BCUT2D eigenvalue weighted by molar-refractivity contribution is 0.180. The molecule has 0 radical (unpaired) electrons. The maximum atomic E-state index is 11.5. The van der Waals surface area contributed by atoms with Crippen LogP contribution in [0, 0.1) is 0 Å². The van der Waals surface area contributed by atoms with Crippen molar-refractivity contribution >= 4 is 15.8 Å². The van der Waals surface area contributed by atoms with E-state index in [-0.39, 0.29) is 0 Å². The SMILES string of the molecule is CN=C(NCCc1ccc(S(C)(=O)=O)cc1)NCCN(C)CCCOC. The fraction of sp³-hybridized carbons (Fsp3) is 0.611. The van der Waals surface area contributed by atoms with Crippen LogP contribution in [0.25, 0.3) is 0 Å². The maximum absolute atomic E-state index is 11.5. The van der Waals surface area contributed by atoms with Gasteiger partial charge in [-0.1, -0.05) is 12.1 Å². The van der Waals surface area contributed by atoms with Crippen molar-refractivity contribution in [3.8, 4) is 0 Å². The van der Waals surface area contributed by atoms with E-state index in [1.54, 1.807) is 26.3 Å². The molecule has 0 unspecified atom stereocenters. The second-order valence-electron chi connectivity index (χ2n) is 6.24. The van der Waals surface area contributed by atoms with Crippen molar-refractivity contribution in [1.82, 2.24) is 15.5 Å². The summed E-state index contributed by atoms with van der Waals surface area (Å²) in [5, 5.41) is 6.56. The highest BCUT2D eigenvalue weighted by Gasteiger charge is 2.06. The van der Waals surface area contributed by atoms with E-state index in [0.717, 1.165) is 57.2 Å². The third-order valence-corrected chi connectivity index (χ3v) is 5.08. The van der Waals surface area contributed by atoms with Gasteiger partial charge in [0.15, 0.2) is 15.8 Å². The minimum atomic E-state index is -3.14. The maximum Gasteiger partial charge on any atom is 0.191 e. The highest BCUT2D eigenvalue weighted by Crippen LogP contribution is 2.10. The van der Waals surface area contributed by atoms with E-state index in [9.17, 15) is 8.42 Å². The highest BCUT2D eigenvalue weighted by atomic mass is 32.2. The number of hydrogen-bond acceptors (Lipinski definition) is 5. The van der Waals surface area contributed by atoms with Gasteiger partial charge in [0.25, 0.3) is 0 Å². The van der Waals surface area contributed by atoms with Crippen LogP contribution < -0.4 is 10.6 Å². The predicted molar refractivity (Wildman–Crippen MR) is 107 cm³/mol. The molecule has 0 spiro atoms. The molecule has 1 aromatic carbocycles. The van der Waals surface area contributed by atoms with Gasteiger partial charge in [-0.25, -0.2) is 8.42 Å². The third kappa shape index (κ3) is 9.17. The Morgan fingerprint density at radius 3 is 2.38 bits per heavy atom. The Hall–Kier alpha value is -1.64. The molecule has 0 heterocycles. The number of rotatable bonds is 11. The van der Waals surface area contributed by atoms with Gasteiger partial charge in [0, 0.05) is 53.2 Å². The smallest absolute Gasteiger partial charge is 0.191 e.